The molecule has 2 aromatic heterocycles. The molecule has 1 fully saturated rings. The van der Waals surface area contributed by atoms with Gasteiger partial charge in [0.25, 0.3) is 0 Å². The number of amides is 1. The Labute approximate surface area is 121 Å². The topological polar surface area (TPSA) is 83.6 Å². The molecule has 1 aliphatic carbocycles. The fourth-order valence-corrected chi connectivity index (χ4v) is 3.08. The molecule has 0 radical (unpaired) electrons. The van der Waals surface area contributed by atoms with Gasteiger partial charge in [-0.15, -0.1) is 0 Å². The number of H-pyrrole nitrogens is 1. The standard InChI is InChI=1S/C13H16ClN5O/c1-13(2)5-3-4-7(13)11(20)19-12-17-9(14)8-10(18-12)16-6-15-8/h6-7H,3-5H2,1-2H3,(H2,15,16,17,18,19,20). The highest BCUT2D eigenvalue weighted by Gasteiger charge is 2.39. The first-order valence-electron chi connectivity index (χ1n) is 6.65. The lowest BCUT2D eigenvalue weighted by Gasteiger charge is -2.25. The highest BCUT2D eigenvalue weighted by Crippen LogP contribution is 2.42. The molecule has 1 atom stereocenters. The molecule has 0 bridgehead atoms. The van der Waals surface area contributed by atoms with E-state index in [0.29, 0.717) is 11.2 Å². The molecule has 1 unspecified atom stereocenters. The molecule has 7 heteroatoms. The van der Waals surface area contributed by atoms with E-state index in [4.69, 9.17) is 11.6 Å². The van der Waals surface area contributed by atoms with Crippen molar-refractivity contribution in [2.24, 2.45) is 11.3 Å². The predicted molar refractivity (Wildman–Crippen MR) is 76.4 cm³/mol. The van der Waals surface area contributed by atoms with Crippen LogP contribution in [0.15, 0.2) is 6.33 Å². The second-order valence-electron chi connectivity index (χ2n) is 5.86. The Morgan fingerprint density at radius 3 is 3.00 bits per heavy atom. The van der Waals surface area contributed by atoms with E-state index in [1.807, 2.05) is 0 Å². The minimum Gasteiger partial charge on any atom is -0.341 e. The van der Waals surface area contributed by atoms with Crippen molar-refractivity contribution in [2.75, 3.05) is 5.32 Å². The summed E-state index contributed by atoms with van der Waals surface area (Å²) >= 11 is 6.03. The molecule has 1 saturated carbocycles. The number of carbonyl (C=O) groups excluding carboxylic acids is 1. The number of fused-ring (bicyclic) bond motifs is 1. The molecule has 0 spiro atoms. The van der Waals surface area contributed by atoms with Crippen molar-refractivity contribution in [1.82, 2.24) is 19.9 Å². The maximum atomic E-state index is 12.4. The first-order valence-corrected chi connectivity index (χ1v) is 7.03. The summed E-state index contributed by atoms with van der Waals surface area (Å²) in [6.45, 7) is 4.24. The minimum atomic E-state index is -0.0431. The normalized spacial score (nSPS) is 21.2. The monoisotopic (exact) mass is 293 g/mol. The zero-order chi connectivity index (χ0) is 14.3. The van der Waals surface area contributed by atoms with Crippen LogP contribution in [0.1, 0.15) is 33.1 Å². The maximum absolute atomic E-state index is 12.4. The Hall–Kier alpha value is -1.69. The summed E-state index contributed by atoms with van der Waals surface area (Å²) in [5.41, 5.74) is 1.04. The van der Waals surface area contributed by atoms with E-state index in [1.165, 1.54) is 6.33 Å². The lowest BCUT2D eigenvalue weighted by molar-refractivity contribution is -0.122. The molecule has 6 nitrogen and oxygen atoms in total. The second kappa shape index (κ2) is 4.70. The first kappa shape index (κ1) is 13.3. The number of anilines is 1. The van der Waals surface area contributed by atoms with E-state index in [0.717, 1.165) is 19.3 Å². The van der Waals surface area contributed by atoms with E-state index in [1.54, 1.807) is 0 Å². The van der Waals surface area contributed by atoms with Gasteiger partial charge in [-0.2, -0.15) is 9.97 Å². The van der Waals surface area contributed by atoms with Gasteiger partial charge in [-0.05, 0) is 18.3 Å². The Morgan fingerprint density at radius 1 is 1.50 bits per heavy atom. The van der Waals surface area contributed by atoms with Gasteiger partial charge in [0.2, 0.25) is 11.9 Å². The molecular weight excluding hydrogens is 278 g/mol. The molecule has 106 valence electrons. The molecule has 0 aromatic carbocycles. The highest BCUT2D eigenvalue weighted by atomic mass is 35.5. The fourth-order valence-electron chi connectivity index (χ4n) is 2.86. The predicted octanol–water partition coefficient (Wildman–Crippen LogP) is 2.77. The van der Waals surface area contributed by atoms with Gasteiger partial charge < -0.3 is 4.98 Å². The summed E-state index contributed by atoms with van der Waals surface area (Å²) in [7, 11) is 0. The van der Waals surface area contributed by atoms with Crippen LogP contribution >= 0.6 is 11.6 Å². The van der Waals surface area contributed by atoms with Gasteiger partial charge in [0, 0.05) is 5.92 Å². The quantitative estimate of drug-likeness (QED) is 0.834. The van der Waals surface area contributed by atoms with Gasteiger partial charge in [-0.1, -0.05) is 31.9 Å². The zero-order valence-corrected chi connectivity index (χ0v) is 12.2. The third-order valence-corrected chi connectivity index (χ3v) is 4.32. The molecule has 2 aromatic rings. The van der Waals surface area contributed by atoms with Crippen LogP contribution in [-0.2, 0) is 4.79 Å². The molecule has 0 saturated heterocycles. The zero-order valence-electron chi connectivity index (χ0n) is 11.4. The largest absolute Gasteiger partial charge is 0.341 e. The number of aromatic nitrogens is 4. The summed E-state index contributed by atoms with van der Waals surface area (Å²) in [4.78, 5) is 27.5. The Balaban J connectivity index is 1.84. The van der Waals surface area contributed by atoms with Gasteiger partial charge in [0.15, 0.2) is 10.8 Å². The van der Waals surface area contributed by atoms with Crippen LogP contribution in [0.2, 0.25) is 5.15 Å². The smallest absolute Gasteiger partial charge is 0.233 e. The molecule has 2 heterocycles. The lowest BCUT2D eigenvalue weighted by atomic mass is 9.81. The molecule has 3 rings (SSSR count). The summed E-state index contributed by atoms with van der Waals surface area (Å²) in [5.74, 6) is 0.153. The molecule has 0 aliphatic heterocycles. The number of halogens is 1. The number of imidazole rings is 1. The molecule has 2 N–H and O–H groups in total. The van der Waals surface area contributed by atoms with Crippen molar-refractivity contribution in [2.45, 2.75) is 33.1 Å². The van der Waals surface area contributed by atoms with E-state index in [2.05, 4.69) is 39.1 Å². The minimum absolute atomic E-state index is 0.0141. The summed E-state index contributed by atoms with van der Waals surface area (Å²) < 4.78 is 0. The van der Waals surface area contributed by atoms with Crippen molar-refractivity contribution >= 4 is 34.6 Å². The first-order chi connectivity index (χ1) is 9.47. The van der Waals surface area contributed by atoms with Gasteiger partial charge in [0.05, 0.1) is 6.33 Å². The Morgan fingerprint density at radius 2 is 2.30 bits per heavy atom. The van der Waals surface area contributed by atoms with Crippen LogP contribution in [-0.4, -0.2) is 25.8 Å². The lowest BCUT2D eigenvalue weighted by Crippen LogP contribution is -2.31. The molecular formula is C13H16ClN5O. The number of nitrogens with zero attached hydrogens (tertiary/aromatic N) is 3. The number of hydrogen-bond donors (Lipinski definition) is 2. The van der Waals surface area contributed by atoms with Gasteiger partial charge >= 0.3 is 0 Å². The Bertz CT molecular complexity index is 666. The number of nitrogens with one attached hydrogen (secondary N) is 2. The summed E-state index contributed by atoms with van der Waals surface area (Å²) in [5, 5.41) is 3.02. The number of carbonyl (C=O) groups is 1. The van der Waals surface area contributed by atoms with Crippen molar-refractivity contribution < 1.29 is 4.79 Å². The third-order valence-electron chi connectivity index (χ3n) is 4.05. The summed E-state index contributed by atoms with van der Waals surface area (Å²) in [6.07, 6.45) is 4.53. The van der Waals surface area contributed by atoms with Gasteiger partial charge in [0.1, 0.15) is 5.52 Å². The fraction of sp³-hybridized carbons (Fsp3) is 0.538. The Kier molecular flexibility index (Phi) is 3.12. The van der Waals surface area contributed by atoms with Crippen LogP contribution in [0.3, 0.4) is 0 Å². The highest BCUT2D eigenvalue weighted by molar-refractivity contribution is 6.33. The number of rotatable bonds is 2. The van der Waals surface area contributed by atoms with Crippen molar-refractivity contribution in [1.29, 1.82) is 0 Å². The molecule has 20 heavy (non-hydrogen) atoms. The van der Waals surface area contributed by atoms with Gasteiger partial charge in [-0.3, -0.25) is 10.1 Å². The van der Waals surface area contributed by atoms with Crippen LogP contribution in [0.25, 0.3) is 11.2 Å². The second-order valence-corrected chi connectivity index (χ2v) is 6.22. The molecule has 1 amide bonds. The summed E-state index contributed by atoms with van der Waals surface area (Å²) in [6, 6.07) is 0. The average molecular weight is 294 g/mol. The van der Waals surface area contributed by atoms with Crippen LogP contribution in [0, 0.1) is 11.3 Å². The van der Waals surface area contributed by atoms with Crippen molar-refractivity contribution in [3.63, 3.8) is 0 Å². The van der Waals surface area contributed by atoms with E-state index >= 15 is 0 Å². The van der Waals surface area contributed by atoms with Crippen molar-refractivity contribution in [3.05, 3.63) is 11.5 Å². The number of aromatic amines is 1. The van der Waals surface area contributed by atoms with Crippen LogP contribution < -0.4 is 5.32 Å². The molecule has 1 aliphatic rings. The van der Waals surface area contributed by atoms with Crippen LogP contribution in [0.5, 0.6) is 0 Å². The SMILES string of the molecule is CC1(C)CCCC1C(=O)Nc1nc(Cl)c2[nH]cnc2n1. The van der Waals surface area contributed by atoms with E-state index < -0.39 is 0 Å². The number of hydrogen-bond acceptors (Lipinski definition) is 4. The average Bonchev–Trinajstić information content (AvgIpc) is 2.94. The maximum Gasteiger partial charge on any atom is 0.233 e. The third kappa shape index (κ3) is 2.24. The van der Waals surface area contributed by atoms with E-state index in [-0.39, 0.29) is 28.3 Å². The van der Waals surface area contributed by atoms with Gasteiger partial charge in [-0.25, -0.2) is 4.98 Å². The van der Waals surface area contributed by atoms with Crippen LogP contribution in [0.4, 0.5) is 5.95 Å². The van der Waals surface area contributed by atoms with E-state index in [9.17, 15) is 4.79 Å². The van der Waals surface area contributed by atoms with Crippen molar-refractivity contribution in [3.8, 4) is 0 Å².